The lowest BCUT2D eigenvalue weighted by Crippen LogP contribution is -2.51. The van der Waals surface area contributed by atoms with Crippen molar-refractivity contribution in [3.63, 3.8) is 0 Å². The Balaban J connectivity index is 0.00000192. The topological polar surface area (TPSA) is 41.6 Å². The zero-order valence-electron chi connectivity index (χ0n) is 12.9. The average Bonchev–Trinajstić information content (AvgIpc) is 2.43. The van der Waals surface area contributed by atoms with Crippen molar-refractivity contribution < 1.29 is 18.3 Å². The minimum absolute atomic E-state index is 0. The molecule has 0 aliphatic carbocycles. The molecule has 0 aromatic heterocycles. The van der Waals surface area contributed by atoms with Crippen LogP contribution in [0.15, 0.2) is 18.2 Å². The number of rotatable bonds is 4. The van der Waals surface area contributed by atoms with E-state index in [0.29, 0.717) is 12.5 Å². The highest BCUT2D eigenvalue weighted by Gasteiger charge is 2.33. The molecule has 2 aliphatic rings. The van der Waals surface area contributed by atoms with Crippen LogP contribution in [0.2, 0.25) is 0 Å². The molecule has 0 radical (unpaired) electrons. The Hall–Kier alpha value is -1.40. The Morgan fingerprint density at radius 2 is 2.13 bits per heavy atom. The minimum atomic E-state index is -2.83. The number of alkyl halides is 2. The number of aryl methyl sites for hydroxylation is 1. The van der Waals surface area contributed by atoms with Crippen LogP contribution in [0.3, 0.4) is 0 Å². The Labute approximate surface area is 140 Å². The molecular formula is C16H21ClF2N2O2. The lowest BCUT2D eigenvalue weighted by Gasteiger charge is -2.37. The van der Waals surface area contributed by atoms with Gasteiger partial charge in [-0.1, -0.05) is 6.92 Å². The number of amides is 1. The zero-order valence-corrected chi connectivity index (χ0v) is 13.7. The second-order valence-electron chi connectivity index (χ2n) is 5.97. The van der Waals surface area contributed by atoms with Gasteiger partial charge in [0.2, 0.25) is 5.91 Å². The summed E-state index contributed by atoms with van der Waals surface area (Å²) in [5.41, 5.74) is 1.73. The fraction of sp³-hybridized carbons (Fsp3) is 0.562. The second kappa shape index (κ2) is 7.45. The van der Waals surface area contributed by atoms with Gasteiger partial charge in [0.1, 0.15) is 5.75 Å². The van der Waals surface area contributed by atoms with Crippen LogP contribution in [0.25, 0.3) is 0 Å². The number of nitrogens with one attached hydrogen (secondary N) is 1. The van der Waals surface area contributed by atoms with Gasteiger partial charge in [0.05, 0.1) is 0 Å². The van der Waals surface area contributed by atoms with E-state index in [1.54, 1.807) is 17.0 Å². The van der Waals surface area contributed by atoms with Gasteiger partial charge in [0.25, 0.3) is 0 Å². The number of anilines is 1. The molecule has 1 amide bonds. The lowest BCUT2D eigenvalue weighted by molar-refractivity contribution is -0.124. The van der Waals surface area contributed by atoms with Gasteiger partial charge in [0, 0.05) is 18.2 Å². The quantitative estimate of drug-likeness (QED) is 0.911. The SMILES string of the molecule is CC(C(=O)N1CCCc2cc(OC(F)F)ccc21)C1CNC1.Cl. The van der Waals surface area contributed by atoms with Crippen molar-refractivity contribution in [3.8, 4) is 5.75 Å². The third-order valence-electron chi connectivity index (χ3n) is 4.57. The van der Waals surface area contributed by atoms with E-state index >= 15 is 0 Å². The van der Waals surface area contributed by atoms with Crippen molar-refractivity contribution in [1.29, 1.82) is 0 Å². The summed E-state index contributed by atoms with van der Waals surface area (Å²) in [6.07, 6.45) is 1.62. The number of carbonyl (C=O) groups excluding carboxylic acids is 1. The van der Waals surface area contributed by atoms with E-state index in [1.165, 1.54) is 6.07 Å². The standard InChI is InChI=1S/C16H20F2N2O2.ClH/c1-10(12-8-19-9-12)15(21)20-6-2-3-11-7-13(22-16(17)18)4-5-14(11)20;/h4-5,7,10,12,16,19H,2-3,6,8-9H2,1H3;1H. The molecule has 23 heavy (non-hydrogen) atoms. The maximum Gasteiger partial charge on any atom is 0.387 e. The van der Waals surface area contributed by atoms with E-state index in [0.717, 1.165) is 37.2 Å². The number of hydrogen-bond acceptors (Lipinski definition) is 3. The van der Waals surface area contributed by atoms with Crippen LogP contribution in [-0.4, -0.2) is 32.2 Å². The van der Waals surface area contributed by atoms with Crippen molar-refractivity contribution >= 4 is 24.0 Å². The van der Waals surface area contributed by atoms with Crippen LogP contribution in [-0.2, 0) is 11.2 Å². The van der Waals surface area contributed by atoms with Crippen LogP contribution in [0.1, 0.15) is 18.9 Å². The maximum absolute atomic E-state index is 12.7. The summed E-state index contributed by atoms with van der Waals surface area (Å²) in [6, 6.07) is 4.85. The second-order valence-corrected chi connectivity index (χ2v) is 5.97. The molecule has 1 aromatic carbocycles. The van der Waals surface area contributed by atoms with E-state index in [1.807, 2.05) is 6.92 Å². The number of benzene rings is 1. The molecule has 2 heterocycles. The summed E-state index contributed by atoms with van der Waals surface area (Å²) < 4.78 is 29.1. The largest absolute Gasteiger partial charge is 0.435 e. The Kier molecular flexibility index (Phi) is 5.81. The van der Waals surface area contributed by atoms with Crippen molar-refractivity contribution in [3.05, 3.63) is 23.8 Å². The van der Waals surface area contributed by atoms with Crippen LogP contribution in [0, 0.1) is 11.8 Å². The first-order chi connectivity index (χ1) is 10.6. The van der Waals surface area contributed by atoms with Crippen LogP contribution < -0.4 is 15.0 Å². The van der Waals surface area contributed by atoms with Crippen LogP contribution in [0.5, 0.6) is 5.75 Å². The Morgan fingerprint density at radius 1 is 1.39 bits per heavy atom. The van der Waals surface area contributed by atoms with E-state index in [9.17, 15) is 13.6 Å². The number of nitrogens with zero attached hydrogens (tertiary/aromatic N) is 1. The van der Waals surface area contributed by atoms with E-state index < -0.39 is 6.61 Å². The normalized spacial score (nSPS) is 18.7. The molecule has 1 atom stereocenters. The summed E-state index contributed by atoms with van der Waals surface area (Å²) in [6.45, 7) is 1.59. The molecule has 1 saturated heterocycles. The molecule has 2 aliphatic heterocycles. The summed E-state index contributed by atoms with van der Waals surface area (Å²) in [4.78, 5) is 14.5. The minimum Gasteiger partial charge on any atom is -0.435 e. The zero-order chi connectivity index (χ0) is 15.7. The van der Waals surface area contributed by atoms with Gasteiger partial charge < -0.3 is 15.0 Å². The Bertz CT molecular complexity index is 567. The van der Waals surface area contributed by atoms with Gasteiger partial charge in [0.15, 0.2) is 0 Å². The molecule has 1 unspecified atom stereocenters. The monoisotopic (exact) mass is 346 g/mol. The van der Waals surface area contributed by atoms with Crippen molar-refractivity contribution in [2.45, 2.75) is 26.4 Å². The molecule has 7 heteroatoms. The molecule has 1 fully saturated rings. The fourth-order valence-electron chi connectivity index (χ4n) is 3.09. The van der Waals surface area contributed by atoms with Crippen molar-refractivity contribution in [1.82, 2.24) is 5.32 Å². The van der Waals surface area contributed by atoms with Crippen LogP contribution in [0.4, 0.5) is 14.5 Å². The van der Waals surface area contributed by atoms with Gasteiger partial charge in [-0.2, -0.15) is 8.78 Å². The first-order valence-electron chi connectivity index (χ1n) is 7.66. The number of halogens is 3. The highest BCUT2D eigenvalue weighted by atomic mass is 35.5. The molecule has 0 saturated carbocycles. The fourth-order valence-corrected chi connectivity index (χ4v) is 3.09. The first-order valence-corrected chi connectivity index (χ1v) is 7.66. The molecule has 0 bridgehead atoms. The third kappa shape index (κ3) is 3.75. The molecule has 1 aromatic rings. The predicted octanol–water partition coefficient (Wildman–Crippen LogP) is 2.84. The summed E-state index contributed by atoms with van der Waals surface area (Å²) >= 11 is 0. The highest BCUT2D eigenvalue weighted by Crippen LogP contribution is 2.33. The molecule has 128 valence electrons. The molecular weight excluding hydrogens is 326 g/mol. The number of ether oxygens (including phenoxy) is 1. The molecule has 3 rings (SSSR count). The summed E-state index contributed by atoms with van der Waals surface area (Å²) in [7, 11) is 0. The predicted molar refractivity (Wildman–Crippen MR) is 86.5 cm³/mol. The van der Waals surface area contributed by atoms with E-state index in [-0.39, 0.29) is 30.0 Å². The highest BCUT2D eigenvalue weighted by molar-refractivity contribution is 5.96. The number of carbonyl (C=O) groups is 1. The van der Waals surface area contributed by atoms with Gasteiger partial charge in [-0.15, -0.1) is 12.4 Å². The number of fused-ring (bicyclic) bond motifs is 1. The van der Waals surface area contributed by atoms with Crippen LogP contribution >= 0.6 is 12.4 Å². The number of hydrogen-bond donors (Lipinski definition) is 1. The van der Waals surface area contributed by atoms with E-state index in [2.05, 4.69) is 10.1 Å². The van der Waals surface area contributed by atoms with Crippen molar-refractivity contribution in [2.75, 3.05) is 24.5 Å². The lowest BCUT2D eigenvalue weighted by atomic mass is 9.87. The molecule has 1 N–H and O–H groups in total. The molecule has 4 nitrogen and oxygen atoms in total. The smallest absolute Gasteiger partial charge is 0.387 e. The van der Waals surface area contributed by atoms with Crippen molar-refractivity contribution in [2.24, 2.45) is 11.8 Å². The van der Waals surface area contributed by atoms with E-state index in [4.69, 9.17) is 0 Å². The average molecular weight is 347 g/mol. The molecule has 0 spiro atoms. The maximum atomic E-state index is 12.7. The van der Waals surface area contributed by atoms with Gasteiger partial charge in [-0.25, -0.2) is 0 Å². The summed E-state index contributed by atoms with van der Waals surface area (Å²) in [5.74, 6) is 0.637. The summed E-state index contributed by atoms with van der Waals surface area (Å²) in [5, 5.41) is 3.19. The van der Waals surface area contributed by atoms with Gasteiger partial charge in [-0.3, -0.25) is 4.79 Å². The Morgan fingerprint density at radius 3 is 2.74 bits per heavy atom. The van der Waals surface area contributed by atoms with Gasteiger partial charge in [-0.05, 0) is 55.6 Å². The van der Waals surface area contributed by atoms with Gasteiger partial charge >= 0.3 is 6.61 Å². The first kappa shape index (κ1) is 17.9. The third-order valence-corrected chi connectivity index (χ3v) is 4.57.